The van der Waals surface area contributed by atoms with Crippen molar-refractivity contribution in [2.24, 2.45) is 11.3 Å². The van der Waals surface area contributed by atoms with Crippen LogP contribution in [0.15, 0.2) is 0 Å². The van der Waals surface area contributed by atoms with E-state index in [1.165, 1.54) is 37.3 Å². The van der Waals surface area contributed by atoms with Crippen LogP contribution in [0.25, 0.3) is 0 Å². The van der Waals surface area contributed by atoms with Gasteiger partial charge in [-0.25, -0.2) is 0 Å². The Morgan fingerprint density at radius 1 is 1.42 bits per heavy atom. The molecule has 0 bridgehead atoms. The van der Waals surface area contributed by atoms with Crippen molar-refractivity contribution in [2.75, 3.05) is 38.2 Å². The summed E-state index contributed by atoms with van der Waals surface area (Å²) in [6.07, 6.45) is 3.98. The summed E-state index contributed by atoms with van der Waals surface area (Å²) in [5.41, 5.74) is 0.422. The quantitative estimate of drug-likeness (QED) is 0.698. The first-order chi connectivity index (χ1) is 8.97. The molecule has 1 aliphatic heterocycles. The molecule has 2 atom stereocenters. The Labute approximate surface area is 125 Å². The summed E-state index contributed by atoms with van der Waals surface area (Å²) < 4.78 is 0. The van der Waals surface area contributed by atoms with E-state index in [9.17, 15) is 0 Å². The first-order valence-corrected chi connectivity index (χ1v) is 9.11. The van der Waals surface area contributed by atoms with Gasteiger partial charge in [0, 0.05) is 24.9 Å². The zero-order valence-corrected chi connectivity index (χ0v) is 14.5. The second-order valence-corrected chi connectivity index (χ2v) is 8.17. The summed E-state index contributed by atoms with van der Waals surface area (Å²) in [5, 5.41) is 3.67. The van der Waals surface area contributed by atoms with Crippen molar-refractivity contribution >= 4 is 11.8 Å². The van der Waals surface area contributed by atoms with Crippen LogP contribution in [-0.4, -0.2) is 49.1 Å². The molecule has 0 amide bonds. The Hall–Kier alpha value is 0.270. The number of rotatable bonds is 9. The minimum Gasteiger partial charge on any atom is -0.316 e. The van der Waals surface area contributed by atoms with Crippen molar-refractivity contribution in [3.8, 4) is 0 Å². The molecule has 0 aromatic rings. The van der Waals surface area contributed by atoms with Gasteiger partial charge in [0.1, 0.15) is 0 Å². The molecule has 1 N–H and O–H groups in total. The van der Waals surface area contributed by atoms with E-state index in [2.05, 4.69) is 56.7 Å². The lowest BCUT2D eigenvalue weighted by atomic mass is 9.84. The van der Waals surface area contributed by atoms with E-state index in [1.807, 2.05) is 0 Å². The summed E-state index contributed by atoms with van der Waals surface area (Å²) >= 11 is 2.11. The Morgan fingerprint density at radius 3 is 2.68 bits per heavy atom. The van der Waals surface area contributed by atoms with Gasteiger partial charge in [0.2, 0.25) is 0 Å². The van der Waals surface area contributed by atoms with Gasteiger partial charge in [-0.1, -0.05) is 34.1 Å². The molecule has 2 nitrogen and oxygen atoms in total. The predicted octanol–water partition coefficient (Wildman–Crippen LogP) is 3.48. The van der Waals surface area contributed by atoms with E-state index in [1.54, 1.807) is 0 Å². The van der Waals surface area contributed by atoms with Crippen LogP contribution in [0, 0.1) is 11.3 Å². The lowest BCUT2D eigenvalue weighted by molar-refractivity contribution is 0.143. The third-order valence-electron chi connectivity index (χ3n) is 4.12. The second-order valence-electron chi connectivity index (χ2n) is 7.02. The number of thioether (sulfide) groups is 1. The van der Waals surface area contributed by atoms with Crippen LogP contribution in [0.4, 0.5) is 0 Å². The molecule has 1 aliphatic rings. The summed E-state index contributed by atoms with van der Waals surface area (Å²) in [7, 11) is 2.33. The zero-order chi connectivity index (χ0) is 14.3. The summed E-state index contributed by atoms with van der Waals surface area (Å²) in [6.45, 7) is 12.9. The lowest BCUT2D eigenvalue weighted by Gasteiger charge is -2.36. The van der Waals surface area contributed by atoms with Crippen LogP contribution in [0.5, 0.6) is 0 Å². The van der Waals surface area contributed by atoms with Crippen molar-refractivity contribution < 1.29 is 0 Å². The predicted molar refractivity (Wildman–Crippen MR) is 89.1 cm³/mol. The molecule has 1 rings (SSSR count). The standard InChI is InChI=1S/C16H34N2S/c1-6-8-16(4,12-17-10-14(2)3)13-18(5)15-7-9-19-11-15/h14-15,17H,6-13H2,1-5H3. The molecule has 0 radical (unpaired) electrons. The Morgan fingerprint density at radius 2 is 2.16 bits per heavy atom. The highest BCUT2D eigenvalue weighted by Gasteiger charge is 2.29. The largest absolute Gasteiger partial charge is 0.316 e. The molecule has 0 saturated carbocycles. The molecule has 1 heterocycles. The van der Waals surface area contributed by atoms with Crippen molar-refractivity contribution in [3.05, 3.63) is 0 Å². The molecular weight excluding hydrogens is 252 g/mol. The number of hydrogen-bond donors (Lipinski definition) is 1. The maximum absolute atomic E-state index is 3.67. The third-order valence-corrected chi connectivity index (χ3v) is 5.26. The van der Waals surface area contributed by atoms with Gasteiger partial charge >= 0.3 is 0 Å². The number of hydrogen-bond acceptors (Lipinski definition) is 3. The van der Waals surface area contributed by atoms with Gasteiger partial charge in [-0.3, -0.25) is 0 Å². The molecule has 114 valence electrons. The van der Waals surface area contributed by atoms with Crippen LogP contribution in [0.3, 0.4) is 0 Å². The molecule has 2 unspecified atom stereocenters. The van der Waals surface area contributed by atoms with Gasteiger partial charge in [-0.15, -0.1) is 0 Å². The van der Waals surface area contributed by atoms with Gasteiger partial charge in [0.25, 0.3) is 0 Å². The molecule has 0 aromatic heterocycles. The van der Waals surface area contributed by atoms with Gasteiger partial charge in [-0.2, -0.15) is 11.8 Å². The van der Waals surface area contributed by atoms with Crippen molar-refractivity contribution in [2.45, 2.75) is 53.0 Å². The van der Waals surface area contributed by atoms with E-state index in [4.69, 9.17) is 0 Å². The zero-order valence-electron chi connectivity index (χ0n) is 13.7. The highest BCUT2D eigenvalue weighted by molar-refractivity contribution is 7.99. The van der Waals surface area contributed by atoms with Crippen LogP contribution >= 0.6 is 11.8 Å². The molecule has 1 saturated heterocycles. The molecule has 1 fully saturated rings. The Bertz CT molecular complexity index is 239. The third kappa shape index (κ3) is 6.50. The average molecular weight is 287 g/mol. The number of nitrogens with one attached hydrogen (secondary N) is 1. The first kappa shape index (κ1) is 17.3. The van der Waals surface area contributed by atoms with E-state index in [0.29, 0.717) is 5.41 Å². The van der Waals surface area contributed by atoms with Gasteiger partial charge < -0.3 is 10.2 Å². The minimum atomic E-state index is 0.422. The fourth-order valence-corrected chi connectivity index (χ4v) is 4.39. The molecule has 0 spiro atoms. The summed E-state index contributed by atoms with van der Waals surface area (Å²) in [6, 6.07) is 0.811. The Kier molecular flexibility index (Phi) is 7.78. The van der Waals surface area contributed by atoms with Crippen molar-refractivity contribution in [3.63, 3.8) is 0 Å². The van der Waals surface area contributed by atoms with Gasteiger partial charge in [0.05, 0.1) is 0 Å². The maximum Gasteiger partial charge on any atom is 0.0191 e. The van der Waals surface area contributed by atoms with Crippen LogP contribution in [0.2, 0.25) is 0 Å². The monoisotopic (exact) mass is 286 g/mol. The smallest absolute Gasteiger partial charge is 0.0191 e. The summed E-state index contributed by atoms with van der Waals surface area (Å²) in [5.74, 6) is 3.43. The van der Waals surface area contributed by atoms with Crippen molar-refractivity contribution in [1.82, 2.24) is 10.2 Å². The number of nitrogens with zero attached hydrogens (tertiary/aromatic N) is 1. The van der Waals surface area contributed by atoms with E-state index < -0.39 is 0 Å². The second kappa shape index (κ2) is 8.53. The first-order valence-electron chi connectivity index (χ1n) is 7.95. The minimum absolute atomic E-state index is 0.422. The van der Waals surface area contributed by atoms with Crippen LogP contribution in [-0.2, 0) is 0 Å². The highest BCUT2D eigenvalue weighted by atomic mass is 32.2. The highest BCUT2D eigenvalue weighted by Crippen LogP contribution is 2.28. The van der Waals surface area contributed by atoms with Gasteiger partial charge in [0.15, 0.2) is 0 Å². The van der Waals surface area contributed by atoms with E-state index in [-0.39, 0.29) is 0 Å². The SMILES string of the molecule is CCCC(C)(CNCC(C)C)CN(C)C1CCSC1. The Balaban J connectivity index is 2.43. The van der Waals surface area contributed by atoms with E-state index in [0.717, 1.165) is 25.0 Å². The molecular formula is C16H34N2S. The molecule has 19 heavy (non-hydrogen) atoms. The maximum atomic E-state index is 3.67. The molecule has 0 aromatic carbocycles. The normalized spacial score (nSPS) is 23.2. The lowest BCUT2D eigenvalue weighted by Crippen LogP contribution is -2.45. The average Bonchev–Trinajstić information content (AvgIpc) is 2.81. The molecule has 0 aliphatic carbocycles. The van der Waals surface area contributed by atoms with Crippen LogP contribution < -0.4 is 5.32 Å². The summed E-state index contributed by atoms with van der Waals surface area (Å²) in [4.78, 5) is 2.62. The fourth-order valence-electron chi connectivity index (χ4n) is 3.09. The van der Waals surface area contributed by atoms with Gasteiger partial charge in [-0.05, 0) is 43.5 Å². The van der Waals surface area contributed by atoms with Crippen molar-refractivity contribution in [1.29, 1.82) is 0 Å². The van der Waals surface area contributed by atoms with Crippen LogP contribution in [0.1, 0.15) is 47.0 Å². The van der Waals surface area contributed by atoms with E-state index >= 15 is 0 Å². The fraction of sp³-hybridized carbons (Fsp3) is 1.00. The topological polar surface area (TPSA) is 15.3 Å². The molecule has 3 heteroatoms.